The molecule has 0 heterocycles. The van der Waals surface area contributed by atoms with Crippen LogP contribution in [0.15, 0.2) is 29.2 Å². The molecule has 0 unspecified atom stereocenters. The minimum absolute atomic E-state index is 0.0550. The van der Waals surface area contributed by atoms with Crippen LogP contribution in [0.25, 0.3) is 0 Å². The van der Waals surface area contributed by atoms with Gasteiger partial charge in [-0.15, -0.1) is 5.14 Å². The van der Waals surface area contributed by atoms with E-state index >= 15 is 0 Å². The fraction of sp³-hybridized carbons (Fsp3) is 0.571. The zero-order valence-corrected chi connectivity index (χ0v) is 12.2. The lowest BCUT2D eigenvalue weighted by Gasteiger charge is -2.25. The highest BCUT2D eigenvalue weighted by molar-refractivity contribution is 7.88. The van der Waals surface area contributed by atoms with Crippen LogP contribution in [0.3, 0.4) is 0 Å². The number of rotatable bonds is 6. The van der Waals surface area contributed by atoms with Gasteiger partial charge in [0.05, 0.1) is 4.90 Å². The first-order chi connectivity index (χ1) is 8.27. The van der Waals surface area contributed by atoms with E-state index in [1.54, 1.807) is 0 Å². The summed E-state index contributed by atoms with van der Waals surface area (Å²) in [6.07, 6.45) is 4.70. The molecule has 0 aliphatic carbocycles. The van der Waals surface area contributed by atoms with Crippen molar-refractivity contribution in [3.05, 3.63) is 29.8 Å². The van der Waals surface area contributed by atoms with Gasteiger partial charge in [0, 0.05) is 0 Å². The van der Waals surface area contributed by atoms with Crippen LogP contribution in [0.2, 0.25) is 0 Å². The van der Waals surface area contributed by atoms with E-state index in [0.717, 1.165) is 12.0 Å². The molecule has 0 aliphatic rings. The Bertz CT molecular complexity index is 475. The summed E-state index contributed by atoms with van der Waals surface area (Å²) in [6.45, 7) is 6.53. The van der Waals surface area contributed by atoms with Crippen molar-refractivity contribution in [2.75, 3.05) is 0 Å². The van der Waals surface area contributed by atoms with E-state index in [-0.39, 0.29) is 10.3 Å². The van der Waals surface area contributed by atoms with Gasteiger partial charge in [0.1, 0.15) is 0 Å². The lowest BCUT2D eigenvalue weighted by atomic mass is 9.80. The summed E-state index contributed by atoms with van der Waals surface area (Å²) in [5.74, 6) is 0. The van der Waals surface area contributed by atoms with Crippen LogP contribution < -0.4 is 5.14 Å². The van der Waals surface area contributed by atoms with Gasteiger partial charge in [-0.05, 0) is 29.5 Å². The van der Waals surface area contributed by atoms with Crippen LogP contribution in [0, 0.1) is 0 Å². The SMILES string of the molecule is CCCCCC(C)(C)c1ccc(S([NH])(=O)=O)cc1. The van der Waals surface area contributed by atoms with Crippen LogP contribution in [0.5, 0.6) is 0 Å². The molecule has 1 radical (unpaired) electrons. The molecule has 0 aliphatic heterocycles. The van der Waals surface area contributed by atoms with Gasteiger partial charge in [0.2, 0.25) is 0 Å². The third-order valence-corrected chi connectivity index (χ3v) is 4.24. The molecule has 1 aromatic carbocycles. The Balaban J connectivity index is 2.84. The van der Waals surface area contributed by atoms with Gasteiger partial charge >= 0.3 is 0 Å². The van der Waals surface area contributed by atoms with E-state index in [4.69, 9.17) is 5.14 Å². The third kappa shape index (κ3) is 4.10. The molecule has 0 fully saturated rings. The molecule has 18 heavy (non-hydrogen) atoms. The summed E-state index contributed by atoms with van der Waals surface area (Å²) >= 11 is 0. The predicted molar refractivity (Wildman–Crippen MR) is 73.9 cm³/mol. The maximum Gasteiger partial charge on any atom is 0.254 e. The smallest absolute Gasteiger partial charge is 0.206 e. The molecule has 101 valence electrons. The van der Waals surface area contributed by atoms with Crippen molar-refractivity contribution in [3.8, 4) is 0 Å². The third-order valence-electron chi connectivity index (χ3n) is 3.35. The van der Waals surface area contributed by atoms with Crippen LogP contribution in [0.1, 0.15) is 52.0 Å². The molecule has 0 saturated carbocycles. The van der Waals surface area contributed by atoms with E-state index in [1.807, 2.05) is 12.1 Å². The van der Waals surface area contributed by atoms with E-state index in [9.17, 15) is 8.42 Å². The van der Waals surface area contributed by atoms with Gasteiger partial charge in [0.15, 0.2) is 0 Å². The first-order valence-electron chi connectivity index (χ1n) is 6.37. The average Bonchev–Trinajstić information content (AvgIpc) is 2.28. The Kier molecular flexibility index (Phi) is 4.93. The fourth-order valence-corrected chi connectivity index (χ4v) is 2.54. The number of nitrogens with one attached hydrogen (secondary N) is 1. The fourth-order valence-electron chi connectivity index (χ4n) is 2.05. The summed E-state index contributed by atoms with van der Waals surface area (Å²) in [6, 6.07) is 6.71. The normalized spacial score (nSPS) is 12.7. The molecular weight excluding hydrogens is 246 g/mol. The summed E-state index contributed by atoms with van der Waals surface area (Å²) in [7, 11) is -3.84. The average molecular weight is 268 g/mol. The van der Waals surface area contributed by atoms with Gasteiger partial charge in [-0.1, -0.05) is 52.2 Å². The first kappa shape index (κ1) is 15.2. The van der Waals surface area contributed by atoms with Crippen molar-refractivity contribution in [1.29, 1.82) is 0 Å². The molecule has 0 amide bonds. The van der Waals surface area contributed by atoms with E-state index in [0.29, 0.717) is 0 Å². The standard InChI is InChI=1S/C14H22NO2S/c1-4-5-6-11-14(2,3)12-7-9-13(10-8-12)18(15,16)17/h7-10,15H,4-6,11H2,1-3H3. The Morgan fingerprint density at radius 3 is 2.11 bits per heavy atom. The van der Waals surface area contributed by atoms with Gasteiger partial charge in [-0.25, -0.2) is 8.42 Å². The highest BCUT2D eigenvalue weighted by atomic mass is 32.2. The topological polar surface area (TPSA) is 57.9 Å². The predicted octanol–water partition coefficient (Wildman–Crippen LogP) is 3.52. The van der Waals surface area contributed by atoms with Crippen LogP contribution in [0.4, 0.5) is 0 Å². The van der Waals surface area contributed by atoms with E-state index in [1.165, 1.54) is 31.4 Å². The number of hydrogen-bond donors (Lipinski definition) is 0. The van der Waals surface area contributed by atoms with Crippen molar-refractivity contribution in [3.63, 3.8) is 0 Å². The molecule has 0 saturated heterocycles. The summed E-state index contributed by atoms with van der Waals surface area (Å²) in [5, 5.41) is 7.01. The van der Waals surface area contributed by atoms with Gasteiger partial charge in [0.25, 0.3) is 10.0 Å². The van der Waals surface area contributed by atoms with Crippen molar-refractivity contribution >= 4 is 10.0 Å². The molecule has 0 bridgehead atoms. The molecule has 1 N–H and O–H groups in total. The molecule has 0 atom stereocenters. The second-order valence-electron chi connectivity index (χ2n) is 5.37. The lowest BCUT2D eigenvalue weighted by molar-refractivity contribution is 0.450. The van der Waals surface area contributed by atoms with Crippen molar-refractivity contribution in [2.45, 2.75) is 56.8 Å². The summed E-state index contributed by atoms with van der Waals surface area (Å²) in [4.78, 5) is 0.0654. The van der Waals surface area contributed by atoms with Crippen LogP contribution in [-0.2, 0) is 15.4 Å². The Hall–Kier alpha value is -0.870. The largest absolute Gasteiger partial charge is 0.254 e. The number of hydrogen-bond acceptors (Lipinski definition) is 2. The zero-order valence-electron chi connectivity index (χ0n) is 11.4. The lowest BCUT2D eigenvalue weighted by Crippen LogP contribution is -2.17. The summed E-state index contributed by atoms with van der Waals surface area (Å²) in [5.41, 5.74) is 1.19. The minimum atomic E-state index is -3.84. The second kappa shape index (κ2) is 5.85. The van der Waals surface area contributed by atoms with Crippen molar-refractivity contribution in [2.24, 2.45) is 0 Å². The maximum absolute atomic E-state index is 11.1. The Morgan fingerprint density at radius 2 is 1.67 bits per heavy atom. The van der Waals surface area contributed by atoms with Gasteiger partial charge < -0.3 is 0 Å². The Labute approximate surface area is 110 Å². The highest BCUT2D eigenvalue weighted by Crippen LogP contribution is 2.29. The van der Waals surface area contributed by atoms with Gasteiger partial charge in [-0.2, -0.15) is 0 Å². The van der Waals surface area contributed by atoms with Gasteiger partial charge in [-0.3, -0.25) is 0 Å². The number of unbranched alkanes of at least 4 members (excludes halogenated alkanes) is 2. The van der Waals surface area contributed by atoms with Crippen LogP contribution >= 0.6 is 0 Å². The van der Waals surface area contributed by atoms with E-state index < -0.39 is 10.0 Å². The minimum Gasteiger partial charge on any atom is -0.206 e. The molecule has 4 heteroatoms. The monoisotopic (exact) mass is 268 g/mol. The molecule has 1 aromatic rings. The molecule has 1 rings (SSSR count). The van der Waals surface area contributed by atoms with Crippen molar-refractivity contribution < 1.29 is 8.42 Å². The zero-order chi connectivity index (χ0) is 13.8. The van der Waals surface area contributed by atoms with E-state index in [2.05, 4.69) is 20.8 Å². The molecule has 0 aromatic heterocycles. The van der Waals surface area contributed by atoms with Crippen molar-refractivity contribution in [1.82, 2.24) is 5.14 Å². The molecule has 0 spiro atoms. The van der Waals surface area contributed by atoms with Crippen LogP contribution in [-0.4, -0.2) is 8.42 Å². The number of sulfonamides is 1. The quantitative estimate of drug-likeness (QED) is 0.741. The molecule has 3 nitrogen and oxygen atoms in total. The maximum atomic E-state index is 11.1. The summed E-state index contributed by atoms with van der Waals surface area (Å²) < 4.78 is 22.1. The second-order valence-corrected chi connectivity index (χ2v) is 6.85. The Morgan fingerprint density at radius 1 is 1.11 bits per heavy atom. The highest BCUT2D eigenvalue weighted by Gasteiger charge is 2.20. The number of benzene rings is 1. The molecular formula is C14H22NO2S. The first-order valence-corrected chi connectivity index (χ1v) is 7.86.